The summed E-state index contributed by atoms with van der Waals surface area (Å²) < 4.78 is 39.0. The van der Waals surface area contributed by atoms with Crippen LogP contribution in [0.3, 0.4) is 0 Å². The number of allylic oxidation sites excluding steroid dienone is 1. The van der Waals surface area contributed by atoms with Crippen LogP contribution in [0.25, 0.3) is 22.2 Å². The number of aromatic nitrogens is 1. The van der Waals surface area contributed by atoms with Gasteiger partial charge in [0.25, 0.3) is 0 Å². The van der Waals surface area contributed by atoms with Crippen LogP contribution in [-0.4, -0.2) is 114 Å². The first kappa shape index (κ1) is 42.9. The fourth-order valence-corrected chi connectivity index (χ4v) is 10.0. The van der Waals surface area contributed by atoms with Crippen LogP contribution in [0.1, 0.15) is 72.1 Å². The van der Waals surface area contributed by atoms with Gasteiger partial charge in [-0.25, -0.2) is 23.0 Å². The van der Waals surface area contributed by atoms with Crippen molar-refractivity contribution in [1.82, 2.24) is 30.1 Å². The minimum absolute atomic E-state index is 0.0157. The lowest BCUT2D eigenvalue weighted by molar-refractivity contribution is -0.145. The van der Waals surface area contributed by atoms with Crippen molar-refractivity contribution in [3.8, 4) is 22.8 Å². The van der Waals surface area contributed by atoms with Crippen molar-refractivity contribution in [3.05, 3.63) is 66.7 Å². The second-order valence-corrected chi connectivity index (χ2v) is 19.6. The van der Waals surface area contributed by atoms with Gasteiger partial charge in [-0.15, -0.1) is 0 Å². The highest BCUT2D eigenvalue weighted by molar-refractivity contribution is 7.89. The zero-order chi connectivity index (χ0) is 42.8. The molecule has 2 saturated heterocycles. The number of carbonyl (C=O) groups is 4. The normalized spacial score (nSPS) is 27.0. The Hall–Kier alpha value is -5.22. The van der Waals surface area contributed by atoms with E-state index in [0.29, 0.717) is 53.9 Å². The molecule has 2 aromatic carbocycles. The first-order valence-corrected chi connectivity index (χ1v) is 22.5. The molecule has 3 fully saturated rings. The van der Waals surface area contributed by atoms with Crippen molar-refractivity contribution >= 4 is 44.7 Å². The molecular weight excluding hydrogens is 789 g/mol. The fourth-order valence-electron chi connectivity index (χ4n) is 8.48. The first-order chi connectivity index (χ1) is 28.6. The van der Waals surface area contributed by atoms with Crippen LogP contribution in [0, 0.1) is 11.3 Å². The van der Waals surface area contributed by atoms with Crippen LogP contribution in [0.2, 0.25) is 0 Å². The number of amides is 4. The SMILES string of the molecule is COc1ccc2c(O[C@@H]3C[C@H]4C(=O)N[C@]5(C(=O)O)CC5/C=C\CCCCC[C@H](NC(=O)N[C@H](CN5CCCS5(=O)=O)C(C)(C)C)C(=O)N4C3)cc(-c3ccccc3)nc2c1. The van der Waals surface area contributed by atoms with Gasteiger partial charge in [-0.1, -0.05) is 76.1 Å². The Morgan fingerprint density at radius 2 is 1.85 bits per heavy atom. The molecule has 4 heterocycles. The van der Waals surface area contributed by atoms with Gasteiger partial charge in [0.2, 0.25) is 21.8 Å². The lowest BCUT2D eigenvalue weighted by Crippen LogP contribution is -2.59. The van der Waals surface area contributed by atoms with Crippen LogP contribution in [0.5, 0.6) is 11.5 Å². The minimum Gasteiger partial charge on any atom is -0.497 e. The predicted octanol–water partition coefficient (Wildman–Crippen LogP) is 4.86. The molecule has 3 aromatic rings. The van der Waals surface area contributed by atoms with Crippen molar-refractivity contribution in [2.24, 2.45) is 11.3 Å². The van der Waals surface area contributed by atoms with Crippen molar-refractivity contribution in [3.63, 3.8) is 0 Å². The largest absolute Gasteiger partial charge is 0.497 e. The molecule has 15 nitrogen and oxygen atoms in total. The van der Waals surface area contributed by atoms with Gasteiger partial charge in [0.05, 0.1) is 30.6 Å². The Labute approximate surface area is 351 Å². The summed E-state index contributed by atoms with van der Waals surface area (Å²) in [6.07, 6.45) is 7.05. The number of benzene rings is 2. The highest BCUT2D eigenvalue weighted by Crippen LogP contribution is 2.45. The number of nitrogens with zero attached hydrogens (tertiary/aromatic N) is 3. The first-order valence-electron chi connectivity index (χ1n) is 20.9. The van der Waals surface area contributed by atoms with E-state index in [4.69, 9.17) is 14.5 Å². The zero-order valence-corrected chi connectivity index (χ0v) is 35.5. The van der Waals surface area contributed by atoms with E-state index < -0.39 is 69.0 Å². The highest BCUT2D eigenvalue weighted by atomic mass is 32.2. The number of ether oxygens (including phenoxy) is 2. The van der Waals surface area contributed by atoms with Crippen LogP contribution in [0.4, 0.5) is 4.79 Å². The standard InChI is InChI=1S/C44H56N6O9S/c1-43(2,3)38(27-49-20-13-21-60(49,56)57)47-42(55)46-33-17-12-7-5-6-11-16-29-25-44(29,41(53)54)48-39(51)36-23-31(26-50(36)40(33)52)59-37-24-34(28-14-9-8-10-15-28)45-35-22-30(58-4)18-19-32(35)37/h8-11,14-16,18-19,22,24,29,31,33,36,38H,5-7,12-13,17,20-21,23,25-27H2,1-4H3,(H,48,51)(H,53,54)(H2,46,47,55)/b16-11-/t29?,31-,33+,36+,38-,44-/m1/s1. The molecule has 4 amide bonds. The number of carbonyl (C=O) groups excluding carboxylic acids is 3. The number of methoxy groups -OCH3 is 1. The van der Waals surface area contributed by atoms with E-state index in [1.165, 1.54) is 9.21 Å². The number of aliphatic carboxylic acids is 1. The second-order valence-electron chi connectivity index (χ2n) is 17.5. The minimum atomic E-state index is -3.43. The van der Waals surface area contributed by atoms with Crippen LogP contribution < -0.4 is 25.4 Å². The van der Waals surface area contributed by atoms with E-state index in [-0.39, 0.29) is 44.0 Å². The molecule has 1 unspecified atom stereocenters. The van der Waals surface area contributed by atoms with E-state index in [2.05, 4.69) is 16.0 Å². The van der Waals surface area contributed by atoms with Crippen LogP contribution in [-0.2, 0) is 24.4 Å². The van der Waals surface area contributed by atoms with Gasteiger partial charge in [0.1, 0.15) is 35.2 Å². The van der Waals surface area contributed by atoms with Gasteiger partial charge in [0, 0.05) is 54.6 Å². The summed E-state index contributed by atoms with van der Waals surface area (Å²) >= 11 is 0. The maximum Gasteiger partial charge on any atom is 0.330 e. The number of pyridine rings is 1. The molecule has 0 bridgehead atoms. The summed E-state index contributed by atoms with van der Waals surface area (Å²) in [4.78, 5) is 62.0. The summed E-state index contributed by atoms with van der Waals surface area (Å²) in [5, 5.41) is 19.7. The molecule has 322 valence electrons. The topological polar surface area (TPSA) is 197 Å². The number of sulfonamides is 1. The van der Waals surface area contributed by atoms with E-state index in [1.54, 1.807) is 13.2 Å². The maximum absolute atomic E-state index is 14.8. The molecule has 7 rings (SSSR count). The third-order valence-corrected chi connectivity index (χ3v) is 14.1. The Morgan fingerprint density at radius 3 is 2.55 bits per heavy atom. The average molecular weight is 845 g/mol. The quantitative estimate of drug-likeness (QED) is 0.216. The Kier molecular flexibility index (Phi) is 12.4. The Bertz CT molecular complexity index is 2250. The molecule has 1 aromatic heterocycles. The van der Waals surface area contributed by atoms with Crippen LogP contribution in [0.15, 0.2) is 66.7 Å². The predicted molar refractivity (Wildman–Crippen MR) is 226 cm³/mol. The summed E-state index contributed by atoms with van der Waals surface area (Å²) in [6, 6.07) is 13.5. The smallest absolute Gasteiger partial charge is 0.330 e. The van der Waals surface area contributed by atoms with Gasteiger partial charge >= 0.3 is 12.0 Å². The van der Waals surface area contributed by atoms with Crippen LogP contribution >= 0.6 is 0 Å². The maximum atomic E-state index is 14.8. The van der Waals surface area contributed by atoms with Crippen molar-refractivity contribution in [2.45, 2.75) is 102 Å². The molecule has 3 aliphatic heterocycles. The fraction of sp³-hybridized carbons (Fsp3) is 0.523. The van der Waals surface area contributed by atoms with Gasteiger partial charge in [-0.2, -0.15) is 4.31 Å². The Morgan fingerprint density at radius 1 is 1.07 bits per heavy atom. The van der Waals surface area contributed by atoms with Crippen molar-refractivity contribution in [1.29, 1.82) is 0 Å². The van der Waals surface area contributed by atoms with E-state index in [9.17, 15) is 32.7 Å². The van der Waals surface area contributed by atoms with Gasteiger partial charge < -0.3 is 35.4 Å². The lowest BCUT2D eigenvalue weighted by Gasteiger charge is -2.35. The third kappa shape index (κ3) is 9.39. The molecule has 4 N–H and O–H groups in total. The monoisotopic (exact) mass is 844 g/mol. The second kappa shape index (κ2) is 17.4. The molecule has 6 atom stereocenters. The summed E-state index contributed by atoms with van der Waals surface area (Å²) in [7, 11) is -1.86. The van der Waals surface area contributed by atoms with Crippen molar-refractivity contribution in [2.75, 3.05) is 32.5 Å². The van der Waals surface area contributed by atoms with E-state index in [1.807, 2.05) is 81.5 Å². The zero-order valence-electron chi connectivity index (χ0n) is 34.7. The number of rotatable bonds is 9. The average Bonchev–Trinajstić information content (AvgIpc) is 3.56. The van der Waals surface area contributed by atoms with Crippen molar-refractivity contribution < 1.29 is 42.2 Å². The number of hydrogen-bond acceptors (Lipinski definition) is 9. The molecule has 0 spiro atoms. The summed E-state index contributed by atoms with van der Waals surface area (Å²) in [6.45, 7) is 6.19. The highest BCUT2D eigenvalue weighted by Gasteiger charge is 2.61. The lowest BCUT2D eigenvalue weighted by atomic mass is 9.86. The van der Waals surface area contributed by atoms with Gasteiger partial charge in [-0.05, 0) is 49.7 Å². The summed E-state index contributed by atoms with van der Waals surface area (Å²) in [5.74, 6) is -1.48. The molecule has 16 heteroatoms. The number of hydrogen-bond donors (Lipinski definition) is 4. The number of urea groups is 1. The number of carboxylic acids is 1. The molecule has 60 heavy (non-hydrogen) atoms. The molecule has 4 aliphatic rings. The molecule has 1 saturated carbocycles. The number of carboxylic acid groups (broad SMARTS) is 1. The molecular formula is C44H56N6O9S. The van der Waals surface area contributed by atoms with E-state index in [0.717, 1.165) is 18.4 Å². The van der Waals surface area contributed by atoms with Gasteiger partial charge in [0.15, 0.2) is 0 Å². The Balaban J connectivity index is 1.19. The number of nitrogens with one attached hydrogen (secondary N) is 3. The number of fused-ring (bicyclic) bond motifs is 3. The van der Waals surface area contributed by atoms with E-state index >= 15 is 0 Å². The third-order valence-electron chi connectivity index (χ3n) is 12.2. The summed E-state index contributed by atoms with van der Waals surface area (Å²) in [5.41, 5.74) is 0.107. The molecule has 1 aliphatic carbocycles. The molecule has 0 radical (unpaired) electrons. The van der Waals surface area contributed by atoms with Gasteiger partial charge in [-0.3, -0.25) is 9.59 Å².